The standard InChI is InChI=1S/C12H11ClN4O/c1-2-8-6-10(18)16(7-8)12-14-11-9(13)4-3-5-17(11)15-12/h2-5,8H,1,6-7H2. The lowest BCUT2D eigenvalue weighted by Gasteiger charge is -2.09. The summed E-state index contributed by atoms with van der Waals surface area (Å²) in [6, 6.07) is 3.53. The van der Waals surface area contributed by atoms with Crippen molar-refractivity contribution in [3.63, 3.8) is 0 Å². The van der Waals surface area contributed by atoms with Crippen LogP contribution in [0.2, 0.25) is 5.02 Å². The fourth-order valence-electron chi connectivity index (χ4n) is 2.06. The van der Waals surface area contributed by atoms with E-state index < -0.39 is 0 Å². The molecule has 1 aliphatic heterocycles. The maximum Gasteiger partial charge on any atom is 0.252 e. The Morgan fingerprint density at radius 3 is 3.06 bits per heavy atom. The van der Waals surface area contributed by atoms with Crippen molar-refractivity contribution in [3.05, 3.63) is 36.0 Å². The van der Waals surface area contributed by atoms with Gasteiger partial charge in [-0.25, -0.2) is 4.52 Å². The van der Waals surface area contributed by atoms with Crippen molar-refractivity contribution in [2.75, 3.05) is 11.4 Å². The molecule has 1 aliphatic rings. The van der Waals surface area contributed by atoms with Crippen molar-refractivity contribution in [1.29, 1.82) is 0 Å². The van der Waals surface area contributed by atoms with Crippen molar-refractivity contribution in [2.45, 2.75) is 6.42 Å². The Balaban J connectivity index is 2.02. The number of halogens is 1. The Morgan fingerprint density at radius 1 is 1.56 bits per heavy atom. The van der Waals surface area contributed by atoms with Gasteiger partial charge in [0.15, 0.2) is 5.65 Å². The third-order valence-corrected chi connectivity index (χ3v) is 3.33. The van der Waals surface area contributed by atoms with Crippen LogP contribution < -0.4 is 4.90 Å². The number of fused-ring (bicyclic) bond motifs is 1. The fraction of sp³-hybridized carbons (Fsp3) is 0.250. The summed E-state index contributed by atoms with van der Waals surface area (Å²) in [5.74, 6) is 0.587. The van der Waals surface area contributed by atoms with E-state index in [1.807, 2.05) is 0 Å². The normalized spacial score (nSPS) is 19.7. The Hall–Kier alpha value is -1.88. The van der Waals surface area contributed by atoms with E-state index >= 15 is 0 Å². The number of aromatic nitrogens is 3. The van der Waals surface area contributed by atoms with E-state index in [-0.39, 0.29) is 11.8 Å². The second-order valence-corrected chi connectivity index (χ2v) is 4.65. The second kappa shape index (κ2) is 4.10. The highest BCUT2D eigenvalue weighted by Gasteiger charge is 2.31. The summed E-state index contributed by atoms with van der Waals surface area (Å²) in [5, 5.41) is 4.78. The van der Waals surface area contributed by atoms with Crippen LogP contribution in [0, 0.1) is 5.92 Å². The van der Waals surface area contributed by atoms with E-state index in [0.717, 1.165) is 0 Å². The van der Waals surface area contributed by atoms with Crippen LogP contribution >= 0.6 is 11.6 Å². The van der Waals surface area contributed by atoms with Crippen LogP contribution in [0.15, 0.2) is 31.0 Å². The van der Waals surface area contributed by atoms with Crippen LogP contribution in [0.1, 0.15) is 6.42 Å². The van der Waals surface area contributed by atoms with E-state index in [1.165, 1.54) is 0 Å². The molecule has 2 aromatic rings. The molecule has 6 heteroatoms. The Morgan fingerprint density at radius 2 is 2.39 bits per heavy atom. The summed E-state index contributed by atoms with van der Waals surface area (Å²) in [7, 11) is 0. The van der Waals surface area contributed by atoms with Crippen LogP contribution in [0.3, 0.4) is 0 Å². The molecule has 0 radical (unpaired) electrons. The molecule has 2 aromatic heterocycles. The van der Waals surface area contributed by atoms with Gasteiger partial charge in [-0.2, -0.15) is 4.98 Å². The van der Waals surface area contributed by atoms with Gasteiger partial charge in [0.25, 0.3) is 5.95 Å². The molecule has 18 heavy (non-hydrogen) atoms. The number of hydrogen-bond acceptors (Lipinski definition) is 3. The molecule has 0 aliphatic carbocycles. The summed E-state index contributed by atoms with van der Waals surface area (Å²) in [6.45, 7) is 4.30. The monoisotopic (exact) mass is 262 g/mol. The molecule has 3 heterocycles. The molecule has 1 atom stereocenters. The molecule has 0 bridgehead atoms. The van der Waals surface area contributed by atoms with Crippen LogP contribution in [0.25, 0.3) is 5.65 Å². The second-order valence-electron chi connectivity index (χ2n) is 4.24. The van der Waals surface area contributed by atoms with E-state index in [4.69, 9.17) is 11.6 Å². The number of carbonyl (C=O) groups excluding carboxylic acids is 1. The Bertz CT molecular complexity index is 636. The third kappa shape index (κ3) is 1.67. The van der Waals surface area contributed by atoms with Gasteiger partial charge in [0.05, 0.1) is 5.02 Å². The zero-order valence-corrected chi connectivity index (χ0v) is 10.3. The average Bonchev–Trinajstić information content (AvgIpc) is 2.93. The van der Waals surface area contributed by atoms with Crippen molar-refractivity contribution < 1.29 is 4.79 Å². The Kier molecular flexibility index (Phi) is 2.56. The van der Waals surface area contributed by atoms with E-state index in [9.17, 15) is 4.79 Å². The molecule has 0 spiro atoms. The number of carbonyl (C=O) groups is 1. The topological polar surface area (TPSA) is 50.5 Å². The number of anilines is 1. The molecule has 0 N–H and O–H groups in total. The quantitative estimate of drug-likeness (QED) is 0.777. The van der Waals surface area contributed by atoms with Crippen molar-refractivity contribution in [2.24, 2.45) is 5.92 Å². The van der Waals surface area contributed by atoms with Gasteiger partial charge in [0.2, 0.25) is 5.91 Å². The minimum Gasteiger partial charge on any atom is -0.279 e. The molecule has 5 nitrogen and oxygen atoms in total. The number of amides is 1. The summed E-state index contributed by atoms with van der Waals surface area (Å²) in [4.78, 5) is 17.7. The average molecular weight is 263 g/mol. The van der Waals surface area contributed by atoms with Crippen molar-refractivity contribution >= 4 is 29.1 Å². The minimum absolute atomic E-state index is 0.0203. The SMILES string of the molecule is C=CC1CC(=O)N(c2nc3c(Cl)cccn3n2)C1. The minimum atomic E-state index is 0.0203. The number of nitrogens with zero attached hydrogens (tertiary/aromatic N) is 4. The zero-order chi connectivity index (χ0) is 12.7. The first-order valence-corrected chi connectivity index (χ1v) is 6.00. The van der Waals surface area contributed by atoms with Gasteiger partial charge in [-0.3, -0.25) is 9.69 Å². The van der Waals surface area contributed by atoms with E-state index in [0.29, 0.717) is 29.6 Å². The maximum absolute atomic E-state index is 11.9. The molecular formula is C12H11ClN4O. The predicted octanol–water partition coefficient (Wildman–Crippen LogP) is 1.92. The van der Waals surface area contributed by atoms with E-state index in [1.54, 1.807) is 33.8 Å². The molecular weight excluding hydrogens is 252 g/mol. The molecule has 92 valence electrons. The molecule has 0 saturated carbocycles. The number of rotatable bonds is 2. The number of hydrogen-bond donors (Lipinski definition) is 0. The highest BCUT2D eigenvalue weighted by Crippen LogP contribution is 2.24. The maximum atomic E-state index is 11.9. The van der Waals surface area contributed by atoms with Gasteiger partial charge in [0.1, 0.15) is 0 Å². The molecule has 3 rings (SSSR count). The lowest BCUT2D eigenvalue weighted by atomic mass is 10.1. The largest absolute Gasteiger partial charge is 0.279 e. The fourth-order valence-corrected chi connectivity index (χ4v) is 2.26. The highest BCUT2D eigenvalue weighted by atomic mass is 35.5. The van der Waals surface area contributed by atoms with Crippen LogP contribution in [-0.2, 0) is 4.79 Å². The molecule has 1 fully saturated rings. The summed E-state index contributed by atoms with van der Waals surface area (Å²) < 4.78 is 1.58. The Labute approximate surface area is 109 Å². The van der Waals surface area contributed by atoms with Gasteiger partial charge in [-0.05, 0) is 12.1 Å². The summed E-state index contributed by atoms with van der Waals surface area (Å²) in [6.07, 6.45) is 4.01. The van der Waals surface area contributed by atoms with Gasteiger partial charge in [-0.15, -0.1) is 11.7 Å². The van der Waals surface area contributed by atoms with Gasteiger partial charge in [0, 0.05) is 25.1 Å². The van der Waals surface area contributed by atoms with Crippen LogP contribution in [0.5, 0.6) is 0 Å². The smallest absolute Gasteiger partial charge is 0.252 e. The highest BCUT2D eigenvalue weighted by molar-refractivity contribution is 6.33. The van der Waals surface area contributed by atoms with Gasteiger partial charge < -0.3 is 0 Å². The van der Waals surface area contributed by atoms with Gasteiger partial charge in [-0.1, -0.05) is 17.7 Å². The van der Waals surface area contributed by atoms with Gasteiger partial charge >= 0.3 is 0 Å². The lowest BCUT2D eigenvalue weighted by molar-refractivity contribution is -0.117. The molecule has 1 unspecified atom stereocenters. The molecule has 0 aromatic carbocycles. The first kappa shape index (κ1) is 11.2. The first-order valence-electron chi connectivity index (χ1n) is 5.63. The van der Waals surface area contributed by atoms with Crippen LogP contribution in [-0.4, -0.2) is 27.0 Å². The van der Waals surface area contributed by atoms with Crippen molar-refractivity contribution in [3.8, 4) is 0 Å². The number of pyridine rings is 1. The molecule has 1 saturated heterocycles. The zero-order valence-electron chi connectivity index (χ0n) is 9.58. The van der Waals surface area contributed by atoms with E-state index in [2.05, 4.69) is 16.7 Å². The third-order valence-electron chi connectivity index (χ3n) is 3.03. The predicted molar refractivity (Wildman–Crippen MR) is 68.7 cm³/mol. The van der Waals surface area contributed by atoms with Crippen LogP contribution in [0.4, 0.5) is 5.95 Å². The van der Waals surface area contributed by atoms with Crippen molar-refractivity contribution in [1.82, 2.24) is 14.6 Å². The summed E-state index contributed by atoms with van der Waals surface area (Å²) >= 11 is 6.03. The lowest BCUT2D eigenvalue weighted by Crippen LogP contribution is -2.25. The molecule has 1 amide bonds. The first-order chi connectivity index (χ1) is 8.69. The summed E-state index contributed by atoms with van der Waals surface area (Å²) in [5.41, 5.74) is 0.559.